The number of nitrogens with one attached hydrogen (secondary N) is 1. The van der Waals surface area contributed by atoms with Crippen molar-refractivity contribution in [2.45, 2.75) is 12.8 Å². The van der Waals surface area contributed by atoms with Crippen molar-refractivity contribution in [1.29, 1.82) is 0 Å². The number of aromatic nitrogens is 6. The third-order valence-corrected chi connectivity index (χ3v) is 6.97. The Bertz CT molecular complexity index is 1910. The monoisotopic (exact) mass is 567 g/mol. The van der Waals surface area contributed by atoms with Gasteiger partial charge in [-0.05, 0) is 54.1 Å². The first-order chi connectivity index (χ1) is 20.7. The van der Waals surface area contributed by atoms with Crippen LogP contribution in [0, 0.1) is 0 Å². The minimum atomic E-state index is 0.703. The smallest absolute Gasteiger partial charge is 0.160 e. The van der Waals surface area contributed by atoms with Gasteiger partial charge in [0.2, 0.25) is 0 Å². The minimum absolute atomic E-state index is 0.703. The average molecular weight is 568 g/mol. The van der Waals surface area contributed by atoms with Crippen molar-refractivity contribution in [1.82, 2.24) is 30.4 Å². The maximum atomic E-state index is 5.95. The number of fused-ring (bicyclic) bond motifs is 2. The van der Waals surface area contributed by atoms with Gasteiger partial charge in [-0.1, -0.05) is 66.2 Å². The van der Waals surface area contributed by atoms with E-state index < -0.39 is 0 Å². The first-order valence-electron chi connectivity index (χ1n) is 13.5. The zero-order chi connectivity index (χ0) is 28.6. The number of benzene rings is 3. The Morgan fingerprint density at radius 1 is 0.595 bits per heavy atom. The van der Waals surface area contributed by atoms with Crippen LogP contribution in [0.25, 0.3) is 21.5 Å². The quantitative estimate of drug-likeness (QED) is 0.221. The molecule has 3 aromatic carbocycles. The highest BCUT2D eigenvalue weighted by Gasteiger charge is 2.10. The van der Waals surface area contributed by atoms with E-state index >= 15 is 0 Å². The van der Waals surface area contributed by atoms with E-state index in [4.69, 9.17) is 11.6 Å². The van der Waals surface area contributed by atoms with Gasteiger partial charge < -0.3 is 5.32 Å². The molecule has 0 aliphatic rings. The summed E-state index contributed by atoms with van der Waals surface area (Å²) >= 11 is 5.95. The van der Waals surface area contributed by atoms with Gasteiger partial charge in [0.25, 0.3) is 0 Å². The van der Waals surface area contributed by atoms with E-state index in [0.29, 0.717) is 5.02 Å². The molecule has 0 bridgehead atoms. The Morgan fingerprint density at radius 2 is 1.31 bits per heavy atom. The molecule has 0 saturated heterocycles. The maximum absolute atomic E-state index is 5.95. The molecule has 4 heterocycles. The lowest BCUT2D eigenvalue weighted by molar-refractivity contribution is 0.937. The van der Waals surface area contributed by atoms with Gasteiger partial charge in [0.05, 0.1) is 17.6 Å². The fourth-order valence-electron chi connectivity index (χ4n) is 4.64. The second-order valence-electron chi connectivity index (χ2n) is 9.58. The van der Waals surface area contributed by atoms with E-state index in [1.54, 1.807) is 24.8 Å². The lowest BCUT2D eigenvalue weighted by Crippen LogP contribution is -2.02. The van der Waals surface area contributed by atoms with Crippen molar-refractivity contribution in [2.75, 3.05) is 5.32 Å². The molecule has 7 nitrogen and oxygen atoms in total. The lowest BCUT2D eigenvalue weighted by atomic mass is 10.0. The van der Waals surface area contributed by atoms with Gasteiger partial charge in [-0.3, -0.25) is 9.97 Å². The van der Waals surface area contributed by atoms with E-state index in [-0.39, 0.29) is 0 Å². The maximum Gasteiger partial charge on any atom is 0.160 e. The van der Waals surface area contributed by atoms with E-state index in [1.165, 1.54) is 0 Å². The topological polar surface area (TPSA) is 89.4 Å². The van der Waals surface area contributed by atoms with Crippen molar-refractivity contribution >= 4 is 44.7 Å². The molecule has 42 heavy (non-hydrogen) atoms. The summed E-state index contributed by atoms with van der Waals surface area (Å²) in [5.74, 6) is 0.733. The molecule has 0 amide bonds. The first kappa shape index (κ1) is 26.9. The van der Waals surface area contributed by atoms with Gasteiger partial charge in [0, 0.05) is 69.4 Å². The van der Waals surface area contributed by atoms with Crippen molar-refractivity contribution < 1.29 is 0 Å². The number of nitrogens with zero attached hydrogens (tertiary/aromatic N) is 6. The van der Waals surface area contributed by atoms with E-state index in [2.05, 4.69) is 53.9 Å². The SMILES string of the molecule is Clc1ccc(Nc2nnc(Cc3ccncc3)c3ccccc23)cc1.c1ccc(Cc2nncc3ccccc23)nc1. The normalized spacial score (nSPS) is 10.7. The number of anilines is 2. The van der Waals surface area contributed by atoms with Crippen LogP contribution in [0.2, 0.25) is 5.02 Å². The van der Waals surface area contributed by atoms with Gasteiger partial charge in [0.1, 0.15) is 0 Å². The lowest BCUT2D eigenvalue weighted by Gasteiger charge is -2.11. The Kier molecular flexibility index (Phi) is 8.29. The highest BCUT2D eigenvalue weighted by molar-refractivity contribution is 6.30. The number of pyridine rings is 2. The van der Waals surface area contributed by atoms with Crippen LogP contribution in [0.5, 0.6) is 0 Å². The summed E-state index contributed by atoms with van der Waals surface area (Å²) in [6, 6.07) is 33.7. The van der Waals surface area contributed by atoms with Crippen LogP contribution in [0.3, 0.4) is 0 Å². The molecule has 0 fully saturated rings. The third-order valence-electron chi connectivity index (χ3n) is 6.71. The van der Waals surface area contributed by atoms with Gasteiger partial charge in [0.15, 0.2) is 5.82 Å². The summed E-state index contributed by atoms with van der Waals surface area (Å²) < 4.78 is 0. The molecule has 4 aromatic heterocycles. The zero-order valence-electron chi connectivity index (χ0n) is 22.6. The largest absolute Gasteiger partial charge is 0.338 e. The first-order valence-corrected chi connectivity index (χ1v) is 13.9. The van der Waals surface area contributed by atoms with Crippen molar-refractivity contribution in [2.24, 2.45) is 0 Å². The summed E-state index contributed by atoms with van der Waals surface area (Å²) in [7, 11) is 0. The molecule has 0 radical (unpaired) electrons. The Hall–Kier alpha value is -5.27. The van der Waals surface area contributed by atoms with Gasteiger partial charge in [-0.15, -0.1) is 5.10 Å². The van der Waals surface area contributed by atoms with Gasteiger partial charge >= 0.3 is 0 Å². The second kappa shape index (κ2) is 12.9. The minimum Gasteiger partial charge on any atom is -0.338 e. The standard InChI is InChI=1S/C20H15ClN4.C14H11N3/c21-15-5-7-16(8-6-15)23-20-18-4-2-1-3-17(18)19(24-25-20)13-14-9-11-22-12-10-14;1-2-7-13-11(5-1)10-16-17-14(13)9-12-6-3-4-8-15-12/h1-12H,13H2,(H,23,25);1-8,10H,9H2. The van der Waals surface area contributed by atoms with Crippen LogP contribution in [-0.4, -0.2) is 30.4 Å². The third kappa shape index (κ3) is 6.54. The molecule has 204 valence electrons. The second-order valence-corrected chi connectivity index (χ2v) is 10.0. The molecule has 0 atom stereocenters. The van der Waals surface area contributed by atoms with Crippen molar-refractivity contribution in [3.8, 4) is 0 Å². The molecule has 7 rings (SSSR count). The summed E-state index contributed by atoms with van der Waals surface area (Å²) in [4.78, 5) is 8.37. The van der Waals surface area contributed by atoms with Crippen LogP contribution in [-0.2, 0) is 12.8 Å². The van der Waals surface area contributed by atoms with Gasteiger partial charge in [-0.25, -0.2) is 0 Å². The predicted molar refractivity (Wildman–Crippen MR) is 168 cm³/mol. The highest BCUT2D eigenvalue weighted by Crippen LogP contribution is 2.27. The molecule has 0 spiro atoms. The molecule has 1 N–H and O–H groups in total. The summed E-state index contributed by atoms with van der Waals surface area (Å²) in [6.07, 6.45) is 8.61. The summed E-state index contributed by atoms with van der Waals surface area (Å²) in [5.41, 5.74) is 5.02. The summed E-state index contributed by atoms with van der Waals surface area (Å²) in [5, 5.41) is 25.5. The van der Waals surface area contributed by atoms with Crippen LogP contribution in [0.15, 0.2) is 128 Å². The van der Waals surface area contributed by atoms with Crippen LogP contribution in [0.4, 0.5) is 11.5 Å². The number of rotatable bonds is 6. The van der Waals surface area contributed by atoms with E-state index in [0.717, 1.165) is 68.5 Å². The fraction of sp³-hybridized carbons (Fsp3) is 0.0588. The molecular weight excluding hydrogens is 542 g/mol. The Labute approximate surface area is 248 Å². The van der Waals surface area contributed by atoms with E-state index in [1.807, 2.05) is 84.9 Å². The predicted octanol–water partition coefficient (Wildman–Crippen LogP) is 7.63. The van der Waals surface area contributed by atoms with Crippen molar-refractivity contribution in [3.05, 3.63) is 156 Å². The summed E-state index contributed by atoms with van der Waals surface area (Å²) in [6.45, 7) is 0. The average Bonchev–Trinajstić information content (AvgIpc) is 3.05. The molecular formula is C34H26ClN7. The number of halogens is 1. The molecule has 7 aromatic rings. The molecule has 0 aliphatic heterocycles. The molecule has 0 aliphatic carbocycles. The fourth-order valence-corrected chi connectivity index (χ4v) is 4.76. The van der Waals surface area contributed by atoms with Crippen molar-refractivity contribution in [3.63, 3.8) is 0 Å². The van der Waals surface area contributed by atoms with Crippen LogP contribution < -0.4 is 5.32 Å². The van der Waals surface area contributed by atoms with E-state index in [9.17, 15) is 0 Å². The van der Waals surface area contributed by atoms with Crippen LogP contribution >= 0.6 is 11.6 Å². The number of hydrogen-bond donors (Lipinski definition) is 1. The highest BCUT2D eigenvalue weighted by atomic mass is 35.5. The van der Waals surface area contributed by atoms with Crippen LogP contribution in [0.1, 0.15) is 22.6 Å². The Morgan fingerprint density at radius 3 is 2.10 bits per heavy atom. The molecule has 0 unspecified atom stereocenters. The van der Waals surface area contributed by atoms with Gasteiger partial charge in [-0.2, -0.15) is 15.3 Å². The molecule has 0 saturated carbocycles. The zero-order valence-corrected chi connectivity index (χ0v) is 23.4. The Balaban J connectivity index is 0.000000162. The molecule has 8 heteroatoms. The number of hydrogen-bond acceptors (Lipinski definition) is 7.